The predicted octanol–water partition coefficient (Wildman–Crippen LogP) is 3.57. The van der Waals surface area contributed by atoms with E-state index in [-0.39, 0.29) is 12.4 Å². The summed E-state index contributed by atoms with van der Waals surface area (Å²) in [6.45, 7) is -0.501. The van der Waals surface area contributed by atoms with Gasteiger partial charge in [0.05, 0.1) is 12.1 Å². The SMILES string of the molecule is FC(F)CN(CCBr)c1cc(C(F)(F)F)ccn1. The van der Waals surface area contributed by atoms with Crippen LogP contribution in [0.15, 0.2) is 18.3 Å². The molecule has 1 heterocycles. The normalized spacial score (nSPS) is 11.9. The molecule has 0 N–H and O–H groups in total. The third-order valence-corrected chi connectivity index (χ3v) is 2.46. The maximum atomic E-state index is 12.5. The Morgan fingerprint density at radius 1 is 1.33 bits per heavy atom. The number of nitrogens with zero attached hydrogens (tertiary/aromatic N) is 2. The fourth-order valence-corrected chi connectivity index (χ4v) is 1.76. The van der Waals surface area contributed by atoms with Crippen LogP contribution >= 0.6 is 15.9 Å². The van der Waals surface area contributed by atoms with Crippen LogP contribution in [0.25, 0.3) is 0 Å². The fourth-order valence-electron chi connectivity index (χ4n) is 1.34. The summed E-state index contributed by atoms with van der Waals surface area (Å²) in [5.41, 5.74) is -0.902. The number of rotatable bonds is 5. The lowest BCUT2D eigenvalue weighted by molar-refractivity contribution is -0.137. The van der Waals surface area contributed by atoms with Gasteiger partial charge in [0.1, 0.15) is 5.82 Å². The van der Waals surface area contributed by atoms with Crippen LogP contribution in [0, 0.1) is 0 Å². The number of hydrogen-bond acceptors (Lipinski definition) is 2. The lowest BCUT2D eigenvalue weighted by Crippen LogP contribution is -2.31. The monoisotopic (exact) mass is 332 g/mol. The predicted molar refractivity (Wildman–Crippen MR) is 61.3 cm³/mol. The largest absolute Gasteiger partial charge is 0.416 e. The second-order valence-electron chi connectivity index (χ2n) is 3.43. The lowest BCUT2D eigenvalue weighted by Gasteiger charge is -2.23. The van der Waals surface area contributed by atoms with E-state index in [4.69, 9.17) is 0 Å². The number of anilines is 1. The molecule has 0 amide bonds. The van der Waals surface area contributed by atoms with Crippen LogP contribution in [-0.2, 0) is 6.18 Å². The molecule has 102 valence electrons. The van der Waals surface area contributed by atoms with Gasteiger partial charge in [-0.15, -0.1) is 0 Å². The highest BCUT2D eigenvalue weighted by atomic mass is 79.9. The van der Waals surface area contributed by atoms with Crippen molar-refractivity contribution in [3.63, 3.8) is 0 Å². The number of aromatic nitrogens is 1. The van der Waals surface area contributed by atoms with E-state index in [2.05, 4.69) is 20.9 Å². The van der Waals surface area contributed by atoms with Gasteiger partial charge in [-0.2, -0.15) is 13.2 Å². The Hall–Kier alpha value is -0.920. The van der Waals surface area contributed by atoms with Crippen molar-refractivity contribution in [2.75, 3.05) is 23.3 Å². The standard InChI is InChI=1S/C10H10BrF5N2/c11-2-4-18(6-8(12)13)9-5-7(1-3-17-9)10(14,15)16/h1,3,5,8H,2,4,6H2. The number of pyridine rings is 1. The lowest BCUT2D eigenvalue weighted by atomic mass is 10.2. The van der Waals surface area contributed by atoms with E-state index < -0.39 is 24.7 Å². The van der Waals surface area contributed by atoms with Crippen molar-refractivity contribution < 1.29 is 22.0 Å². The van der Waals surface area contributed by atoms with Gasteiger partial charge in [-0.25, -0.2) is 13.8 Å². The summed E-state index contributed by atoms with van der Waals surface area (Å²) >= 11 is 3.06. The van der Waals surface area contributed by atoms with E-state index in [1.54, 1.807) is 0 Å². The summed E-state index contributed by atoms with van der Waals surface area (Å²) in [4.78, 5) is 4.80. The molecular weight excluding hydrogens is 323 g/mol. The average molecular weight is 333 g/mol. The second kappa shape index (κ2) is 6.31. The van der Waals surface area contributed by atoms with E-state index in [0.717, 1.165) is 23.2 Å². The number of halogens is 6. The zero-order valence-corrected chi connectivity index (χ0v) is 10.7. The molecule has 0 atom stereocenters. The Morgan fingerprint density at radius 2 is 2.00 bits per heavy atom. The smallest absolute Gasteiger partial charge is 0.350 e. The molecule has 0 aliphatic heterocycles. The Balaban J connectivity index is 2.97. The van der Waals surface area contributed by atoms with Crippen molar-refractivity contribution >= 4 is 21.7 Å². The minimum absolute atomic E-state index is 0.107. The molecule has 0 aromatic carbocycles. The van der Waals surface area contributed by atoms with Crippen LogP contribution in [0.3, 0.4) is 0 Å². The highest BCUT2D eigenvalue weighted by Gasteiger charge is 2.31. The molecule has 0 spiro atoms. The van der Waals surface area contributed by atoms with Crippen LogP contribution in [0.2, 0.25) is 0 Å². The molecule has 0 saturated heterocycles. The van der Waals surface area contributed by atoms with E-state index in [0.29, 0.717) is 5.33 Å². The van der Waals surface area contributed by atoms with Gasteiger partial charge in [-0.05, 0) is 12.1 Å². The van der Waals surface area contributed by atoms with Gasteiger partial charge in [-0.3, -0.25) is 0 Å². The van der Waals surface area contributed by atoms with E-state index >= 15 is 0 Å². The van der Waals surface area contributed by atoms with Crippen LogP contribution in [-0.4, -0.2) is 29.8 Å². The zero-order chi connectivity index (χ0) is 13.8. The molecule has 18 heavy (non-hydrogen) atoms. The highest BCUT2D eigenvalue weighted by Crippen LogP contribution is 2.30. The van der Waals surface area contributed by atoms with Crippen molar-refractivity contribution in [2.24, 2.45) is 0 Å². The Morgan fingerprint density at radius 3 is 2.50 bits per heavy atom. The topological polar surface area (TPSA) is 16.1 Å². The fraction of sp³-hybridized carbons (Fsp3) is 0.500. The van der Waals surface area contributed by atoms with Crippen molar-refractivity contribution in [3.8, 4) is 0 Å². The summed E-state index contributed by atoms with van der Waals surface area (Å²) in [6, 6.07) is 1.57. The van der Waals surface area contributed by atoms with Gasteiger partial charge in [0, 0.05) is 18.1 Å². The molecule has 1 aromatic heterocycles. The van der Waals surface area contributed by atoms with Crippen LogP contribution in [0.1, 0.15) is 5.56 Å². The molecule has 0 fully saturated rings. The first-order valence-electron chi connectivity index (χ1n) is 4.97. The van der Waals surface area contributed by atoms with Gasteiger partial charge >= 0.3 is 6.18 Å². The minimum Gasteiger partial charge on any atom is -0.350 e. The van der Waals surface area contributed by atoms with Crippen molar-refractivity contribution in [3.05, 3.63) is 23.9 Å². The van der Waals surface area contributed by atoms with Gasteiger partial charge in [0.15, 0.2) is 0 Å². The zero-order valence-electron chi connectivity index (χ0n) is 9.09. The average Bonchev–Trinajstić information content (AvgIpc) is 2.27. The molecule has 1 aromatic rings. The second-order valence-corrected chi connectivity index (χ2v) is 4.22. The first-order valence-corrected chi connectivity index (χ1v) is 6.09. The number of hydrogen-bond donors (Lipinski definition) is 0. The quantitative estimate of drug-likeness (QED) is 0.605. The van der Waals surface area contributed by atoms with Gasteiger partial charge < -0.3 is 4.90 Å². The summed E-state index contributed by atoms with van der Waals surface area (Å²) < 4.78 is 62.1. The van der Waals surface area contributed by atoms with Crippen molar-refractivity contribution in [1.82, 2.24) is 4.98 Å². The maximum absolute atomic E-state index is 12.5. The third-order valence-electron chi connectivity index (χ3n) is 2.11. The van der Waals surface area contributed by atoms with Gasteiger partial charge in [0.2, 0.25) is 0 Å². The van der Waals surface area contributed by atoms with Gasteiger partial charge in [0.25, 0.3) is 6.43 Å². The Kier molecular flexibility index (Phi) is 5.30. The molecule has 2 nitrogen and oxygen atoms in total. The molecule has 0 bridgehead atoms. The molecule has 1 rings (SSSR count). The summed E-state index contributed by atoms with van der Waals surface area (Å²) in [5, 5.41) is 0.359. The summed E-state index contributed by atoms with van der Waals surface area (Å²) in [5.74, 6) is -0.107. The summed E-state index contributed by atoms with van der Waals surface area (Å²) in [7, 11) is 0. The van der Waals surface area contributed by atoms with E-state index in [1.807, 2.05) is 0 Å². The van der Waals surface area contributed by atoms with E-state index in [1.165, 1.54) is 0 Å². The van der Waals surface area contributed by atoms with Crippen LogP contribution < -0.4 is 4.90 Å². The maximum Gasteiger partial charge on any atom is 0.416 e. The molecule has 0 aliphatic rings. The van der Waals surface area contributed by atoms with Gasteiger partial charge in [-0.1, -0.05) is 15.9 Å². The third kappa shape index (κ3) is 4.40. The van der Waals surface area contributed by atoms with E-state index in [9.17, 15) is 22.0 Å². The van der Waals surface area contributed by atoms with Crippen LogP contribution in [0.5, 0.6) is 0 Å². The Labute approximate surface area is 109 Å². The minimum atomic E-state index is -4.51. The Bertz CT molecular complexity index is 383. The number of alkyl halides is 6. The first-order chi connectivity index (χ1) is 8.34. The summed E-state index contributed by atoms with van der Waals surface area (Å²) in [6.07, 6.45) is -6.19. The molecule has 0 unspecified atom stereocenters. The highest BCUT2D eigenvalue weighted by molar-refractivity contribution is 9.09. The molecule has 0 radical (unpaired) electrons. The molecular formula is C10H10BrF5N2. The molecule has 0 aliphatic carbocycles. The van der Waals surface area contributed by atoms with Crippen molar-refractivity contribution in [1.29, 1.82) is 0 Å². The van der Waals surface area contributed by atoms with Crippen LogP contribution in [0.4, 0.5) is 27.8 Å². The first kappa shape index (κ1) is 15.1. The molecule has 0 saturated carbocycles. The molecule has 8 heteroatoms. The van der Waals surface area contributed by atoms with Crippen molar-refractivity contribution in [2.45, 2.75) is 12.6 Å².